The van der Waals surface area contributed by atoms with Crippen LogP contribution in [-0.4, -0.2) is 104 Å². The fraction of sp³-hybridized carbons (Fsp3) is 0.514. The first kappa shape index (κ1) is 39.8. The average molecular weight is 725 g/mol. The van der Waals surface area contributed by atoms with Gasteiger partial charge in [-0.05, 0) is 70.9 Å². The van der Waals surface area contributed by atoms with E-state index < -0.39 is 39.9 Å². The van der Waals surface area contributed by atoms with Gasteiger partial charge in [0.15, 0.2) is 0 Å². The lowest BCUT2D eigenvalue weighted by atomic mass is 9.76. The van der Waals surface area contributed by atoms with E-state index in [2.05, 4.69) is 0 Å². The molecule has 0 aliphatic carbocycles. The van der Waals surface area contributed by atoms with Crippen molar-refractivity contribution in [2.45, 2.75) is 65.8 Å². The van der Waals surface area contributed by atoms with Gasteiger partial charge in [-0.15, -0.1) is 0 Å². The molecule has 2 heterocycles. The molecule has 2 aromatic carbocycles. The molecule has 0 aromatic heterocycles. The van der Waals surface area contributed by atoms with Gasteiger partial charge in [0.25, 0.3) is 5.69 Å². The van der Waals surface area contributed by atoms with E-state index in [4.69, 9.17) is 23.7 Å². The quantitative estimate of drug-likeness (QED) is 0.0995. The Kier molecular flexibility index (Phi) is 13.0. The van der Waals surface area contributed by atoms with Crippen molar-refractivity contribution in [3.8, 4) is 5.75 Å². The summed E-state index contributed by atoms with van der Waals surface area (Å²) >= 11 is 0. The predicted molar refractivity (Wildman–Crippen MR) is 190 cm³/mol. The van der Waals surface area contributed by atoms with Crippen LogP contribution >= 0.6 is 0 Å². The summed E-state index contributed by atoms with van der Waals surface area (Å²) in [5.74, 6) is -1.66. The Morgan fingerprint density at radius 2 is 1.29 bits per heavy atom. The minimum absolute atomic E-state index is 0.0520. The van der Waals surface area contributed by atoms with Crippen LogP contribution in [0.3, 0.4) is 0 Å². The summed E-state index contributed by atoms with van der Waals surface area (Å²) in [5, 5.41) is 12.0. The second kappa shape index (κ2) is 17.0. The Hall–Kier alpha value is -5.02. The fourth-order valence-electron chi connectivity index (χ4n) is 6.74. The molecule has 0 bridgehead atoms. The third kappa shape index (κ3) is 8.70. The first-order chi connectivity index (χ1) is 24.7. The van der Waals surface area contributed by atoms with Gasteiger partial charge in [0.05, 0.1) is 62.9 Å². The molecule has 4 rings (SSSR count). The molecule has 1 atom stereocenters. The molecule has 0 saturated heterocycles. The molecule has 0 N–H and O–H groups in total. The third-order valence-corrected chi connectivity index (χ3v) is 9.06. The maximum absolute atomic E-state index is 12.5. The number of hydrogen-bond donors (Lipinski definition) is 0. The molecule has 0 saturated carbocycles. The summed E-state index contributed by atoms with van der Waals surface area (Å²) in [6, 6.07) is 8.74. The molecule has 0 fully saturated rings. The first-order valence-corrected chi connectivity index (χ1v) is 17.3. The van der Waals surface area contributed by atoms with E-state index in [0.29, 0.717) is 16.9 Å². The molecule has 2 aromatic rings. The lowest BCUT2D eigenvalue weighted by Crippen LogP contribution is -2.58. The van der Waals surface area contributed by atoms with Gasteiger partial charge in [0, 0.05) is 49.1 Å². The molecule has 1 unspecified atom stereocenters. The zero-order valence-corrected chi connectivity index (χ0v) is 30.9. The van der Waals surface area contributed by atoms with Crippen molar-refractivity contribution in [3.05, 3.63) is 68.8 Å². The first-order valence-electron chi connectivity index (χ1n) is 17.3. The second-order valence-corrected chi connectivity index (χ2v) is 13.0. The predicted octanol–water partition coefficient (Wildman–Crippen LogP) is 3.98. The number of rotatable bonds is 17. The van der Waals surface area contributed by atoms with Crippen molar-refractivity contribution in [2.24, 2.45) is 0 Å². The van der Waals surface area contributed by atoms with Gasteiger partial charge in [0.2, 0.25) is 5.72 Å². The molecule has 2 aliphatic heterocycles. The van der Waals surface area contributed by atoms with Crippen molar-refractivity contribution in [1.82, 2.24) is 9.80 Å². The lowest BCUT2D eigenvalue weighted by Gasteiger charge is -2.46. The number of nitrogens with zero attached hydrogens (tertiary/aromatic N) is 4. The van der Waals surface area contributed by atoms with Crippen molar-refractivity contribution >= 4 is 41.3 Å². The number of carbonyl (C=O) groups excluding carboxylic acids is 4. The monoisotopic (exact) mass is 724 g/mol. The molecule has 15 nitrogen and oxygen atoms in total. The number of anilines is 1. The van der Waals surface area contributed by atoms with Gasteiger partial charge in [-0.2, -0.15) is 0 Å². The van der Waals surface area contributed by atoms with Crippen molar-refractivity contribution in [3.63, 3.8) is 0 Å². The minimum Gasteiger partial charge on any atom is -0.465 e. The number of nitro benzene ring substituents is 1. The van der Waals surface area contributed by atoms with Crippen molar-refractivity contribution in [1.29, 1.82) is 0 Å². The molecule has 2 aliphatic rings. The number of non-ortho nitro benzene ring substituents is 1. The Bertz CT molecular complexity index is 1670. The average Bonchev–Trinajstić information content (AvgIpc) is 3.22. The normalized spacial score (nSPS) is 16.7. The van der Waals surface area contributed by atoms with E-state index in [1.807, 2.05) is 50.1 Å². The van der Waals surface area contributed by atoms with Crippen LogP contribution in [0.15, 0.2) is 36.4 Å². The standard InChI is InChI=1S/C37H48N4O11/c1-8-48-31(42)21-39(22-32(43)49-9-2)19-25-12-13-29-30(16-25)38(7)37(36(29,5)6)15-14-26-17-28(41(46)47)18-27(35(26)52-37)20-40(23-33(44)50-10-3)24-34(45)51-11-4/h12-18H,8-11,19-24H2,1-7H3. The van der Waals surface area contributed by atoms with Crippen molar-refractivity contribution < 1.29 is 47.8 Å². The van der Waals surface area contributed by atoms with Crippen LogP contribution < -0.4 is 9.64 Å². The Morgan fingerprint density at radius 3 is 1.77 bits per heavy atom. The smallest absolute Gasteiger partial charge is 0.320 e. The van der Waals surface area contributed by atoms with Crippen LogP contribution in [0.1, 0.15) is 63.8 Å². The SMILES string of the molecule is CCOC(=O)CN(CC(=O)OCC)Cc1ccc2c(c1)N(C)C1(C=Cc3cc([N+](=O)[O-])cc(CN(CC(=O)OCC)CC(=O)OCC)c3O1)C2(C)C. The van der Waals surface area contributed by atoms with E-state index in [9.17, 15) is 29.3 Å². The van der Waals surface area contributed by atoms with E-state index in [1.54, 1.807) is 38.7 Å². The highest BCUT2D eigenvalue weighted by molar-refractivity contribution is 5.77. The molecular weight excluding hydrogens is 676 g/mol. The van der Waals surface area contributed by atoms with Gasteiger partial charge < -0.3 is 28.6 Å². The molecule has 52 heavy (non-hydrogen) atoms. The number of ether oxygens (including phenoxy) is 5. The Balaban J connectivity index is 1.71. The number of esters is 4. The zero-order valence-electron chi connectivity index (χ0n) is 30.9. The third-order valence-electron chi connectivity index (χ3n) is 9.06. The Labute approximate surface area is 303 Å². The number of hydrogen-bond acceptors (Lipinski definition) is 14. The topological polar surface area (TPSA) is 167 Å². The van der Waals surface area contributed by atoms with Crippen LogP contribution in [0.5, 0.6) is 5.75 Å². The van der Waals surface area contributed by atoms with E-state index in [0.717, 1.165) is 16.8 Å². The van der Waals surface area contributed by atoms with Crippen LogP contribution in [0.4, 0.5) is 11.4 Å². The maximum Gasteiger partial charge on any atom is 0.320 e. The molecular formula is C37H48N4O11. The van der Waals surface area contributed by atoms with E-state index >= 15 is 0 Å². The van der Waals surface area contributed by atoms with Crippen LogP contribution in [0.2, 0.25) is 0 Å². The summed E-state index contributed by atoms with van der Waals surface area (Å²) in [5.41, 5.74) is 1.56. The van der Waals surface area contributed by atoms with Crippen LogP contribution in [0, 0.1) is 10.1 Å². The highest BCUT2D eigenvalue weighted by atomic mass is 16.6. The zero-order chi connectivity index (χ0) is 38.2. The lowest BCUT2D eigenvalue weighted by molar-refractivity contribution is -0.385. The molecule has 0 amide bonds. The number of carbonyl (C=O) groups is 4. The number of fused-ring (bicyclic) bond motifs is 2. The highest BCUT2D eigenvalue weighted by Gasteiger charge is 2.58. The largest absolute Gasteiger partial charge is 0.465 e. The van der Waals surface area contributed by atoms with Gasteiger partial charge >= 0.3 is 23.9 Å². The summed E-state index contributed by atoms with van der Waals surface area (Å²) < 4.78 is 27.5. The van der Waals surface area contributed by atoms with Gasteiger partial charge in [-0.3, -0.25) is 39.1 Å². The molecule has 0 radical (unpaired) electrons. The van der Waals surface area contributed by atoms with Gasteiger partial charge in [-0.1, -0.05) is 12.1 Å². The fourth-order valence-corrected chi connectivity index (χ4v) is 6.74. The highest BCUT2D eigenvalue weighted by Crippen LogP contribution is 2.55. The number of benzene rings is 2. The van der Waals surface area contributed by atoms with Crippen molar-refractivity contribution in [2.75, 3.05) is 64.6 Å². The van der Waals surface area contributed by atoms with E-state index in [-0.39, 0.29) is 71.4 Å². The second-order valence-electron chi connectivity index (χ2n) is 13.0. The summed E-state index contributed by atoms with van der Waals surface area (Å²) in [4.78, 5) is 66.5. The Morgan fingerprint density at radius 1 is 0.788 bits per heavy atom. The molecule has 15 heteroatoms. The van der Waals surface area contributed by atoms with Crippen LogP contribution in [0.25, 0.3) is 6.08 Å². The molecule has 282 valence electrons. The summed E-state index contributed by atoms with van der Waals surface area (Å²) in [7, 11) is 1.89. The minimum atomic E-state index is -1.10. The maximum atomic E-state index is 12.5. The van der Waals surface area contributed by atoms with Gasteiger partial charge in [0.1, 0.15) is 5.75 Å². The summed E-state index contributed by atoms with van der Waals surface area (Å²) in [6.07, 6.45) is 3.67. The van der Waals surface area contributed by atoms with Crippen LogP contribution in [-0.2, 0) is 56.6 Å². The number of nitro groups is 1. The molecule has 1 spiro atoms. The number of likely N-dealkylation sites (N-methyl/N-ethyl adjacent to an activating group) is 1. The summed E-state index contributed by atoms with van der Waals surface area (Å²) in [6.45, 7) is 11.1. The van der Waals surface area contributed by atoms with Gasteiger partial charge in [-0.25, -0.2) is 0 Å². The van der Waals surface area contributed by atoms with E-state index in [1.165, 1.54) is 17.0 Å².